The highest BCUT2D eigenvalue weighted by Crippen LogP contribution is 2.26. The van der Waals surface area contributed by atoms with Crippen molar-refractivity contribution in [2.75, 3.05) is 12.4 Å². The minimum absolute atomic E-state index is 0.0488. The number of halogens is 1. The second-order valence-corrected chi connectivity index (χ2v) is 7.88. The number of fused-ring (bicyclic) bond motifs is 1. The molecule has 128 valence electrons. The molecule has 0 saturated carbocycles. The second-order valence-electron chi connectivity index (χ2n) is 5.98. The lowest BCUT2D eigenvalue weighted by molar-refractivity contribution is 0.129. The van der Waals surface area contributed by atoms with Crippen LogP contribution in [0.25, 0.3) is 16.6 Å². The molecule has 4 rings (SSSR count). The van der Waals surface area contributed by atoms with E-state index in [4.69, 9.17) is 9.72 Å². The standard InChI is InChI=1S/C19H17BrN2O2S/c20-13-8-9-17-16(11-13)18(23)22(14-5-2-1-3-6-14)19(21-17)25-12-15-7-4-10-24-15/h1-3,5-6,8-9,11,15H,4,7,10,12H2/t15-/m0/s1. The first-order valence-electron chi connectivity index (χ1n) is 8.24. The summed E-state index contributed by atoms with van der Waals surface area (Å²) in [5.74, 6) is 0.807. The molecule has 3 aromatic rings. The van der Waals surface area contributed by atoms with Crippen molar-refractivity contribution in [3.63, 3.8) is 0 Å². The Balaban J connectivity index is 1.83. The number of thioether (sulfide) groups is 1. The number of rotatable bonds is 4. The highest BCUT2D eigenvalue weighted by atomic mass is 79.9. The molecule has 4 nitrogen and oxygen atoms in total. The molecule has 1 aromatic heterocycles. The first-order chi connectivity index (χ1) is 12.2. The molecular formula is C19H17BrN2O2S. The first-order valence-corrected chi connectivity index (χ1v) is 10.0. The van der Waals surface area contributed by atoms with Crippen LogP contribution < -0.4 is 5.56 Å². The highest BCUT2D eigenvalue weighted by molar-refractivity contribution is 9.10. The summed E-state index contributed by atoms with van der Waals surface area (Å²) >= 11 is 5.03. The highest BCUT2D eigenvalue weighted by Gasteiger charge is 2.19. The molecule has 1 saturated heterocycles. The Morgan fingerprint density at radius 1 is 1.24 bits per heavy atom. The molecule has 1 aliphatic heterocycles. The Morgan fingerprint density at radius 2 is 2.08 bits per heavy atom. The average Bonchev–Trinajstić information content (AvgIpc) is 3.15. The van der Waals surface area contributed by atoms with Crippen LogP contribution in [0.15, 0.2) is 63.0 Å². The van der Waals surface area contributed by atoms with Crippen molar-refractivity contribution >= 4 is 38.6 Å². The van der Waals surface area contributed by atoms with E-state index in [0.717, 1.165) is 40.9 Å². The molecule has 0 bridgehead atoms. The van der Waals surface area contributed by atoms with Gasteiger partial charge < -0.3 is 4.74 Å². The van der Waals surface area contributed by atoms with Crippen molar-refractivity contribution in [1.29, 1.82) is 0 Å². The van der Waals surface area contributed by atoms with Crippen molar-refractivity contribution in [2.45, 2.75) is 24.1 Å². The topological polar surface area (TPSA) is 44.1 Å². The molecule has 25 heavy (non-hydrogen) atoms. The molecule has 0 radical (unpaired) electrons. The first kappa shape index (κ1) is 16.8. The van der Waals surface area contributed by atoms with E-state index in [1.165, 1.54) is 0 Å². The van der Waals surface area contributed by atoms with Gasteiger partial charge in [0.15, 0.2) is 5.16 Å². The second kappa shape index (κ2) is 7.32. The molecule has 0 unspecified atom stereocenters. The Kier molecular flexibility index (Phi) is 4.92. The largest absolute Gasteiger partial charge is 0.377 e. The summed E-state index contributed by atoms with van der Waals surface area (Å²) in [6.45, 7) is 0.829. The normalized spacial score (nSPS) is 17.2. The third kappa shape index (κ3) is 3.52. The van der Waals surface area contributed by atoms with Crippen molar-refractivity contribution < 1.29 is 4.74 Å². The monoisotopic (exact) mass is 416 g/mol. The smallest absolute Gasteiger partial charge is 0.266 e. The molecular weight excluding hydrogens is 400 g/mol. The maximum absolute atomic E-state index is 13.2. The van der Waals surface area contributed by atoms with Gasteiger partial charge in [0, 0.05) is 16.8 Å². The van der Waals surface area contributed by atoms with Gasteiger partial charge in [-0.15, -0.1) is 0 Å². The summed E-state index contributed by atoms with van der Waals surface area (Å²) in [5, 5.41) is 1.32. The lowest BCUT2D eigenvalue weighted by Gasteiger charge is -2.15. The van der Waals surface area contributed by atoms with E-state index in [9.17, 15) is 4.79 Å². The van der Waals surface area contributed by atoms with E-state index >= 15 is 0 Å². The minimum atomic E-state index is -0.0488. The minimum Gasteiger partial charge on any atom is -0.377 e. The van der Waals surface area contributed by atoms with E-state index in [0.29, 0.717) is 10.5 Å². The van der Waals surface area contributed by atoms with Crippen molar-refractivity contribution in [2.24, 2.45) is 0 Å². The van der Waals surface area contributed by atoms with Gasteiger partial charge >= 0.3 is 0 Å². The van der Waals surface area contributed by atoms with Crippen LogP contribution in [0, 0.1) is 0 Å². The third-order valence-electron chi connectivity index (χ3n) is 4.24. The van der Waals surface area contributed by atoms with Gasteiger partial charge in [-0.2, -0.15) is 0 Å². The third-order valence-corrected chi connectivity index (χ3v) is 5.80. The summed E-state index contributed by atoms with van der Waals surface area (Å²) in [7, 11) is 0. The van der Waals surface area contributed by atoms with Gasteiger partial charge in [0.1, 0.15) is 0 Å². The Hall–Kier alpha value is -1.63. The van der Waals surface area contributed by atoms with Crippen LogP contribution in [-0.2, 0) is 4.74 Å². The number of benzene rings is 2. The molecule has 2 heterocycles. The van der Waals surface area contributed by atoms with Gasteiger partial charge in [0.05, 0.1) is 22.7 Å². The predicted octanol–water partition coefficient (Wildman–Crippen LogP) is 4.42. The van der Waals surface area contributed by atoms with Crippen LogP contribution in [0.1, 0.15) is 12.8 Å². The van der Waals surface area contributed by atoms with Crippen molar-refractivity contribution in [1.82, 2.24) is 9.55 Å². The van der Waals surface area contributed by atoms with Crippen LogP contribution in [0.4, 0.5) is 0 Å². The van der Waals surface area contributed by atoms with Gasteiger partial charge in [0.2, 0.25) is 0 Å². The molecule has 0 aliphatic carbocycles. The van der Waals surface area contributed by atoms with Crippen LogP contribution in [0.2, 0.25) is 0 Å². The fourth-order valence-electron chi connectivity index (χ4n) is 2.98. The summed E-state index contributed by atoms with van der Waals surface area (Å²) in [4.78, 5) is 17.9. The molecule has 2 aromatic carbocycles. The summed E-state index contributed by atoms with van der Waals surface area (Å²) in [6, 6.07) is 15.3. The zero-order valence-corrected chi connectivity index (χ0v) is 15.9. The van der Waals surface area contributed by atoms with Crippen LogP contribution >= 0.6 is 27.7 Å². The molecule has 0 amide bonds. The predicted molar refractivity (Wildman–Crippen MR) is 105 cm³/mol. The zero-order chi connectivity index (χ0) is 17.2. The number of nitrogens with zero attached hydrogens (tertiary/aromatic N) is 2. The Bertz CT molecular complexity index is 953. The lowest BCUT2D eigenvalue weighted by Crippen LogP contribution is -2.22. The maximum atomic E-state index is 13.2. The lowest BCUT2D eigenvalue weighted by atomic mass is 10.2. The summed E-state index contributed by atoms with van der Waals surface area (Å²) < 4.78 is 8.29. The van der Waals surface area contributed by atoms with Gasteiger partial charge in [0.25, 0.3) is 5.56 Å². The van der Waals surface area contributed by atoms with Crippen LogP contribution in [0.5, 0.6) is 0 Å². The van der Waals surface area contributed by atoms with Gasteiger partial charge in [-0.05, 0) is 43.2 Å². The van der Waals surface area contributed by atoms with Gasteiger partial charge in [-0.25, -0.2) is 4.98 Å². The molecule has 1 aliphatic rings. The number of para-hydroxylation sites is 1. The summed E-state index contributed by atoms with van der Waals surface area (Å²) in [6.07, 6.45) is 2.42. The molecule has 0 N–H and O–H groups in total. The molecule has 6 heteroatoms. The fourth-order valence-corrected chi connectivity index (χ4v) is 4.42. The summed E-state index contributed by atoms with van der Waals surface area (Å²) in [5.41, 5.74) is 1.50. The maximum Gasteiger partial charge on any atom is 0.266 e. The van der Waals surface area contributed by atoms with Crippen molar-refractivity contribution in [3.05, 3.63) is 63.4 Å². The van der Waals surface area contributed by atoms with Gasteiger partial charge in [-0.1, -0.05) is 45.9 Å². The Morgan fingerprint density at radius 3 is 2.84 bits per heavy atom. The zero-order valence-electron chi connectivity index (χ0n) is 13.5. The molecule has 1 fully saturated rings. The number of hydrogen-bond acceptors (Lipinski definition) is 4. The van der Waals surface area contributed by atoms with E-state index in [2.05, 4.69) is 15.9 Å². The molecule has 0 spiro atoms. The van der Waals surface area contributed by atoms with E-state index < -0.39 is 0 Å². The number of ether oxygens (including phenoxy) is 1. The number of hydrogen-bond donors (Lipinski definition) is 0. The number of aromatic nitrogens is 2. The average molecular weight is 417 g/mol. The van der Waals surface area contributed by atoms with E-state index in [-0.39, 0.29) is 11.7 Å². The van der Waals surface area contributed by atoms with Gasteiger partial charge in [-0.3, -0.25) is 9.36 Å². The molecule has 1 atom stereocenters. The van der Waals surface area contributed by atoms with E-state index in [1.54, 1.807) is 16.3 Å². The fraction of sp³-hybridized carbons (Fsp3) is 0.263. The van der Waals surface area contributed by atoms with E-state index in [1.807, 2.05) is 48.5 Å². The van der Waals surface area contributed by atoms with Crippen molar-refractivity contribution in [3.8, 4) is 5.69 Å². The quantitative estimate of drug-likeness (QED) is 0.466. The Labute approximate surface area is 158 Å². The van der Waals surface area contributed by atoms with Crippen LogP contribution in [0.3, 0.4) is 0 Å². The SMILES string of the molecule is O=c1c2cc(Br)ccc2nc(SC[C@@H]2CCCO2)n1-c1ccccc1. The van der Waals surface area contributed by atoms with Crippen LogP contribution in [-0.4, -0.2) is 28.0 Å².